The summed E-state index contributed by atoms with van der Waals surface area (Å²) in [6.07, 6.45) is 14.5. The Bertz CT molecular complexity index is 286. The van der Waals surface area contributed by atoms with Gasteiger partial charge in [0.2, 0.25) is 0 Å². The molecule has 4 unspecified atom stereocenters. The molecule has 4 atom stereocenters. The molecule has 0 saturated carbocycles. The van der Waals surface area contributed by atoms with Crippen LogP contribution in [-0.2, 0) is 0 Å². The Morgan fingerprint density at radius 1 is 0.958 bits per heavy atom. The molecule has 0 aromatic heterocycles. The molecule has 24 heavy (non-hydrogen) atoms. The fraction of sp³-hybridized carbons (Fsp3) is 0.913. The van der Waals surface area contributed by atoms with Crippen molar-refractivity contribution in [2.45, 2.75) is 92.4 Å². The fourth-order valence-corrected chi connectivity index (χ4v) is 4.45. The van der Waals surface area contributed by atoms with Crippen LogP contribution in [0.5, 0.6) is 0 Å². The van der Waals surface area contributed by atoms with Gasteiger partial charge in [0.1, 0.15) is 0 Å². The van der Waals surface area contributed by atoms with Crippen molar-refractivity contribution in [1.29, 1.82) is 0 Å². The normalized spacial score (nSPS) is 16.8. The van der Waals surface area contributed by atoms with Crippen molar-refractivity contribution in [1.82, 2.24) is 4.90 Å². The number of likely N-dealkylation sites (N-methyl/N-ethyl adjacent to an activating group) is 1. The van der Waals surface area contributed by atoms with Gasteiger partial charge in [-0.1, -0.05) is 85.6 Å². The molecular formula is C23H47N. The lowest BCUT2D eigenvalue weighted by Gasteiger charge is -2.34. The van der Waals surface area contributed by atoms with E-state index in [0.717, 1.165) is 30.2 Å². The van der Waals surface area contributed by atoms with E-state index < -0.39 is 0 Å². The maximum Gasteiger partial charge on any atom is 0.0157 e. The first-order valence-electron chi connectivity index (χ1n) is 10.8. The van der Waals surface area contributed by atoms with E-state index in [4.69, 9.17) is 0 Å². The van der Waals surface area contributed by atoms with E-state index in [1.165, 1.54) is 64.3 Å². The van der Waals surface area contributed by atoms with E-state index >= 15 is 0 Å². The molecule has 0 aromatic rings. The summed E-state index contributed by atoms with van der Waals surface area (Å²) in [5.41, 5.74) is 0. The molecule has 0 saturated heterocycles. The van der Waals surface area contributed by atoms with E-state index in [-0.39, 0.29) is 0 Å². The van der Waals surface area contributed by atoms with Gasteiger partial charge in [0.15, 0.2) is 0 Å². The van der Waals surface area contributed by atoms with Crippen LogP contribution in [0, 0.1) is 23.7 Å². The van der Waals surface area contributed by atoms with Gasteiger partial charge in [-0.3, -0.25) is 0 Å². The highest BCUT2D eigenvalue weighted by Crippen LogP contribution is 2.36. The molecule has 0 aromatic carbocycles. The zero-order chi connectivity index (χ0) is 18.4. The third-order valence-electron chi connectivity index (χ3n) is 6.05. The summed E-state index contributed by atoms with van der Waals surface area (Å²) in [5.74, 6) is 3.62. The first-order chi connectivity index (χ1) is 11.5. The molecule has 0 bridgehead atoms. The molecule has 144 valence electrons. The average Bonchev–Trinajstić information content (AvgIpc) is 2.57. The van der Waals surface area contributed by atoms with Crippen molar-refractivity contribution in [2.24, 2.45) is 23.7 Å². The van der Waals surface area contributed by atoms with Crippen LogP contribution in [0.4, 0.5) is 0 Å². The Kier molecular flexibility index (Phi) is 14.8. The maximum atomic E-state index is 3.86. The molecule has 0 N–H and O–H groups in total. The van der Waals surface area contributed by atoms with E-state index in [1.807, 2.05) is 6.08 Å². The molecular weight excluding hydrogens is 290 g/mol. The van der Waals surface area contributed by atoms with Gasteiger partial charge < -0.3 is 4.90 Å². The van der Waals surface area contributed by atoms with Crippen LogP contribution in [0.3, 0.4) is 0 Å². The summed E-state index contributed by atoms with van der Waals surface area (Å²) in [5, 5.41) is 0. The first-order valence-corrected chi connectivity index (χ1v) is 10.8. The summed E-state index contributed by atoms with van der Waals surface area (Å²) in [6, 6.07) is 0. The Hall–Kier alpha value is -0.300. The molecule has 0 rings (SSSR count). The number of hydrogen-bond donors (Lipinski definition) is 0. The minimum Gasteiger partial charge on any atom is -0.303 e. The Morgan fingerprint density at radius 3 is 2.17 bits per heavy atom. The molecule has 0 fully saturated rings. The summed E-state index contributed by atoms with van der Waals surface area (Å²) >= 11 is 0. The molecule has 0 radical (unpaired) electrons. The molecule has 0 heterocycles. The van der Waals surface area contributed by atoms with E-state index in [1.54, 1.807) is 0 Å². The van der Waals surface area contributed by atoms with Crippen molar-refractivity contribution < 1.29 is 0 Å². The third-order valence-corrected chi connectivity index (χ3v) is 6.05. The average molecular weight is 338 g/mol. The lowest BCUT2D eigenvalue weighted by atomic mass is 9.72. The highest BCUT2D eigenvalue weighted by molar-refractivity contribution is 4.78. The minimum absolute atomic E-state index is 0.836. The lowest BCUT2D eigenvalue weighted by molar-refractivity contribution is 0.160. The van der Waals surface area contributed by atoms with Gasteiger partial charge in [-0.15, -0.1) is 6.58 Å². The fourth-order valence-electron chi connectivity index (χ4n) is 4.45. The SMILES string of the molecule is C=CCN(C)CCC(C)C(CC)C(CCCC)CC(CC)CCC. The van der Waals surface area contributed by atoms with Gasteiger partial charge in [0.25, 0.3) is 0 Å². The molecule has 0 amide bonds. The van der Waals surface area contributed by atoms with Crippen LogP contribution >= 0.6 is 0 Å². The quantitative estimate of drug-likeness (QED) is 0.270. The van der Waals surface area contributed by atoms with Gasteiger partial charge >= 0.3 is 0 Å². The second kappa shape index (κ2) is 15.0. The van der Waals surface area contributed by atoms with Gasteiger partial charge in [-0.25, -0.2) is 0 Å². The monoisotopic (exact) mass is 337 g/mol. The number of unbranched alkanes of at least 4 members (excludes halogenated alkanes) is 1. The van der Waals surface area contributed by atoms with Crippen molar-refractivity contribution in [2.75, 3.05) is 20.1 Å². The van der Waals surface area contributed by atoms with Crippen LogP contribution in [0.25, 0.3) is 0 Å². The highest BCUT2D eigenvalue weighted by Gasteiger charge is 2.27. The number of rotatable bonds is 16. The number of nitrogens with zero attached hydrogens (tertiary/aromatic N) is 1. The largest absolute Gasteiger partial charge is 0.303 e. The van der Waals surface area contributed by atoms with Crippen LogP contribution in [0.1, 0.15) is 92.4 Å². The van der Waals surface area contributed by atoms with Gasteiger partial charge in [0.05, 0.1) is 0 Å². The first kappa shape index (κ1) is 23.7. The summed E-state index contributed by atoms with van der Waals surface area (Å²) in [7, 11) is 2.22. The predicted molar refractivity (Wildman–Crippen MR) is 112 cm³/mol. The van der Waals surface area contributed by atoms with E-state index in [2.05, 4.69) is 53.1 Å². The topological polar surface area (TPSA) is 3.24 Å². The summed E-state index contributed by atoms with van der Waals surface area (Å²) in [4.78, 5) is 2.41. The van der Waals surface area contributed by atoms with Crippen LogP contribution in [0.2, 0.25) is 0 Å². The molecule has 1 nitrogen and oxygen atoms in total. The molecule has 0 spiro atoms. The van der Waals surface area contributed by atoms with Crippen LogP contribution in [-0.4, -0.2) is 25.0 Å². The van der Waals surface area contributed by atoms with E-state index in [9.17, 15) is 0 Å². The minimum atomic E-state index is 0.836. The Balaban J connectivity index is 4.78. The van der Waals surface area contributed by atoms with Gasteiger partial charge in [0, 0.05) is 6.54 Å². The standard InChI is InChI=1S/C23H47N/c1-8-13-15-22(19-21(11-4)14-9-2)23(12-5)20(6)16-18-24(7)17-10-3/h10,20-23H,3,8-9,11-19H2,1-2,4-7H3. The summed E-state index contributed by atoms with van der Waals surface area (Å²) in [6.45, 7) is 18.1. The zero-order valence-electron chi connectivity index (χ0n) is 17.8. The van der Waals surface area contributed by atoms with Gasteiger partial charge in [-0.2, -0.15) is 0 Å². The highest BCUT2D eigenvalue weighted by atomic mass is 15.1. The maximum absolute atomic E-state index is 3.86. The molecule has 0 aliphatic rings. The lowest BCUT2D eigenvalue weighted by Crippen LogP contribution is -2.28. The predicted octanol–water partition coefficient (Wildman–Crippen LogP) is 7.18. The van der Waals surface area contributed by atoms with Gasteiger partial charge in [-0.05, 0) is 50.1 Å². The number of hydrogen-bond acceptors (Lipinski definition) is 1. The molecule has 0 aliphatic heterocycles. The molecule has 1 heteroatoms. The van der Waals surface area contributed by atoms with Crippen molar-refractivity contribution in [3.63, 3.8) is 0 Å². The van der Waals surface area contributed by atoms with Crippen molar-refractivity contribution in [3.05, 3.63) is 12.7 Å². The van der Waals surface area contributed by atoms with Crippen molar-refractivity contribution in [3.8, 4) is 0 Å². The van der Waals surface area contributed by atoms with E-state index in [0.29, 0.717) is 0 Å². The van der Waals surface area contributed by atoms with Crippen LogP contribution in [0.15, 0.2) is 12.7 Å². The second-order valence-corrected chi connectivity index (χ2v) is 8.09. The smallest absolute Gasteiger partial charge is 0.0157 e. The third kappa shape index (κ3) is 9.87. The van der Waals surface area contributed by atoms with Crippen LogP contribution < -0.4 is 0 Å². The summed E-state index contributed by atoms with van der Waals surface area (Å²) < 4.78 is 0. The Morgan fingerprint density at radius 2 is 1.67 bits per heavy atom. The Labute approximate surface area is 154 Å². The second-order valence-electron chi connectivity index (χ2n) is 8.09. The zero-order valence-corrected chi connectivity index (χ0v) is 17.8. The molecule has 0 aliphatic carbocycles. The van der Waals surface area contributed by atoms with Crippen molar-refractivity contribution >= 4 is 0 Å².